The molecule has 2 rings (SSSR count). The summed E-state index contributed by atoms with van der Waals surface area (Å²) in [6, 6.07) is 0. The number of rotatable bonds is 3. The van der Waals surface area contributed by atoms with Crippen molar-refractivity contribution >= 4 is 22.8 Å². The zero-order chi connectivity index (χ0) is 15.9. The number of nitrogens with zero attached hydrogens (tertiary/aromatic N) is 1. The summed E-state index contributed by atoms with van der Waals surface area (Å²) in [5.74, 6) is -3.81. The Morgan fingerprint density at radius 1 is 1.48 bits per heavy atom. The molecule has 1 aliphatic carbocycles. The van der Waals surface area contributed by atoms with Crippen LogP contribution in [0, 0.1) is 5.92 Å². The average Bonchev–Trinajstić information content (AvgIpc) is 2.64. The molecule has 2 N–H and O–H groups in total. The number of aliphatic imine (C=N–C) groups is 1. The zero-order valence-electron chi connectivity index (χ0n) is 12.6. The van der Waals surface area contributed by atoms with Gasteiger partial charge in [0.2, 0.25) is 0 Å². The van der Waals surface area contributed by atoms with Gasteiger partial charge >= 0.3 is 0 Å². The van der Waals surface area contributed by atoms with Gasteiger partial charge < -0.3 is 10.4 Å². The number of hydrogen-bond acceptors (Lipinski definition) is 4. The maximum atomic E-state index is 13.8. The molecule has 0 aromatic rings. The third-order valence-electron chi connectivity index (χ3n) is 4.49. The van der Waals surface area contributed by atoms with Gasteiger partial charge in [0.1, 0.15) is 4.75 Å². The van der Waals surface area contributed by atoms with Crippen molar-refractivity contribution in [3.8, 4) is 0 Å². The maximum absolute atomic E-state index is 13.8. The van der Waals surface area contributed by atoms with Gasteiger partial charge in [-0.1, -0.05) is 18.2 Å². The van der Waals surface area contributed by atoms with E-state index in [9.17, 15) is 18.7 Å². The van der Waals surface area contributed by atoms with Crippen molar-refractivity contribution in [2.75, 3.05) is 6.54 Å². The van der Waals surface area contributed by atoms with Gasteiger partial charge in [-0.15, -0.1) is 0 Å². The number of hydrogen-bond donors (Lipinski definition) is 2. The second-order valence-corrected chi connectivity index (χ2v) is 7.91. The highest BCUT2D eigenvalue weighted by Gasteiger charge is 2.52. The lowest BCUT2D eigenvalue weighted by Crippen LogP contribution is -2.49. The molecule has 21 heavy (non-hydrogen) atoms. The molecule has 0 spiro atoms. The normalized spacial score (nSPS) is 33.0. The van der Waals surface area contributed by atoms with Gasteiger partial charge in [0, 0.05) is 18.9 Å². The third-order valence-corrected chi connectivity index (χ3v) is 6.00. The van der Waals surface area contributed by atoms with Crippen LogP contribution in [0.25, 0.3) is 0 Å². The Morgan fingerprint density at radius 3 is 2.67 bits per heavy atom. The highest BCUT2D eigenvalue weighted by atomic mass is 32.2. The lowest BCUT2D eigenvalue weighted by atomic mass is 9.85. The van der Waals surface area contributed by atoms with Crippen molar-refractivity contribution in [2.45, 2.75) is 62.7 Å². The van der Waals surface area contributed by atoms with Crippen LogP contribution in [0.5, 0.6) is 0 Å². The van der Waals surface area contributed by atoms with E-state index in [0.29, 0.717) is 18.0 Å². The molecular weight excluding hydrogens is 298 g/mol. The van der Waals surface area contributed by atoms with Gasteiger partial charge in [0.25, 0.3) is 11.8 Å². The number of carbonyl (C=O) groups excluding carboxylic acids is 1. The maximum Gasteiger partial charge on any atom is 0.267 e. The minimum absolute atomic E-state index is 0.0702. The Morgan fingerprint density at radius 2 is 2.14 bits per heavy atom. The Kier molecular flexibility index (Phi) is 4.37. The average molecular weight is 320 g/mol. The van der Waals surface area contributed by atoms with Crippen molar-refractivity contribution < 1.29 is 18.7 Å². The standard InChI is InChI=1S/C14H22F2N2O2S/c1-12(2,20)13(3)10(19)18-11(21-13)17-8-9-6-4-5-7-14(9,15)16/h9,20H,4-8H2,1-3H3,(H,17,18,19). The van der Waals surface area contributed by atoms with Crippen LogP contribution in [0.4, 0.5) is 8.78 Å². The van der Waals surface area contributed by atoms with E-state index >= 15 is 0 Å². The molecule has 1 aliphatic heterocycles. The van der Waals surface area contributed by atoms with Gasteiger partial charge in [-0.05, 0) is 33.6 Å². The number of aliphatic hydroxyl groups is 1. The van der Waals surface area contributed by atoms with E-state index in [-0.39, 0.29) is 13.0 Å². The van der Waals surface area contributed by atoms with Crippen molar-refractivity contribution in [2.24, 2.45) is 10.9 Å². The molecule has 1 amide bonds. The molecule has 1 fully saturated rings. The van der Waals surface area contributed by atoms with Crippen LogP contribution in [-0.2, 0) is 4.79 Å². The Bertz CT molecular complexity index is 462. The van der Waals surface area contributed by atoms with E-state index in [1.165, 1.54) is 0 Å². The number of amidine groups is 1. The van der Waals surface area contributed by atoms with E-state index in [2.05, 4.69) is 10.3 Å². The van der Waals surface area contributed by atoms with Gasteiger partial charge in [0.15, 0.2) is 5.17 Å². The number of thioether (sulfide) groups is 1. The first-order chi connectivity index (χ1) is 9.56. The second-order valence-electron chi connectivity index (χ2n) is 6.50. The molecule has 0 bridgehead atoms. The smallest absolute Gasteiger partial charge is 0.267 e. The predicted molar refractivity (Wildman–Crippen MR) is 79.6 cm³/mol. The Hall–Kier alpha value is -0.690. The molecule has 4 nitrogen and oxygen atoms in total. The minimum atomic E-state index is -2.65. The molecule has 0 saturated heterocycles. The summed E-state index contributed by atoms with van der Waals surface area (Å²) in [6.45, 7) is 4.82. The van der Waals surface area contributed by atoms with Gasteiger partial charge in [-0.25, -0.2) is 8.78 Å². The molecule has 1 heterocycles. The number of carbonyl (C=O) groups is 1. The molecule has 120 valence electrons. The zero-order valence-corrected chi connectivity index (χ0v) is 13.4. The summed E-state index contributed by atoms with van der Waals surface area (Å²) < 4.78 is 26.5. The SMILES string of the molecule is CC(C)(O)C1(C)SC(NCC2CCCCC2(F)F)=NC1=O. The van der Waals surface area contributed by atoms with Crippen molar-refractivity contribution in [3.05, 3.63) is 0 Å². The van der Waals surface area contributed by atoms with Gasteiger partial charge in [0.05, 0.1) is 5.60 Å². The lowest BCUT2D eigenvalue weighted by molar-refractivity contribution is -0.124. The second kappa shape index (κ2) is 5.50. The molecule has 1 saturated carbocycles. The summed E-state index contributed by atoms with van der Waals surface area (Å²) in [5.41, 5.74) is -1.24. The first-order valence-electron chi connectivity index (χ1n) is 7.22. The molecule has 2 aliphatic rings. The van der Waals surface area contributed by atoms with Crippen LogP contribution in [0.2, 0.25) is 0 Å². The highest BCUT2D eigenvalue weighted by Crippen LogP contribution is 2.42. The van der Waals surface area contributed by atoms with E-state index in [1.807, 2.05) is 0 Å². The fraction of sp³-hybridized carbons (Fsp3) is 0.857. The topological polar surface area (TPSA) is 61.7 Å². The largest absolute Gasteiger partial charge is 0.388 e. The molecule has 7 heteroatoms. The monoisotopic (exact) mass is 320 g/mol. The molecule has 2 atom stereocenters. The summed E-state index contributed by atoms with van der Waals surface area (Å²) >= 11 is 1.11. The van der Waals surface area contributed by atoms with Gasteiger partial charge in [-0.2, -0.15) is 4.99 Å². The fourth-order valence-corrected chi connectivity index (χ4v) is 3.60. The van der Waals surface area contributed by atoms with Crippen LogP contribution in [0.3, 0.4) is 0 Å². The summed E-state index contributed by atoms with van der Waals surface area (Å²) in [6.07, 6.45) is 1.78. The Labute approximate surface area is 127 Å². The van der Waals surface area contributed by atoms with E-state index in [4.69, 9.17) is 0 Å². The first kappa shape index (κ1) is 16.7. The van der Waals surface area contributed by atoms with Crippen molar-refractivity contribution in [1.29, 1.82) is 0 Å². The quantitative estimate of drug-likeness (QED) is 0.839. The number of amides is 1. The molecular formula is C14H22F2N2O2S. The Balaban J connectivity index is 1.97. The highest BCUT2D eigenvalue weighted by molar-refractivity contribution is 8.16. The third kappa shape index (κ3) is 3.23. The summed E-state index contributed by atoms with van der Waals surface area (Å²) in [4.78, 5) is 15.8. The first-order valence-corrected chi connectivity index (χ1v) is 8.04. The van der Waals surface area contributed by atoms with Crippen LogP contribution in [-0.4, -0.2) is 39.0 Å². The van der Waals surface area contributed by atoms with Crippen molar-refractivity contribution in [3.63, 3.8) is 0 Å². The predicted octanol–water partition coefficient (Wildman–Crippen LogP) is 2.56. The number of halogens is 2. The molecule has 2 unspecified atom stereocenters. The molecule has 0 aromatic heterocycles. The van der Waals surface area contributed by atoms with Crippen molar-refractivity contribution in [1.82, 2.24) is 5.32 Å². The molecule has 0 aromatic carbocycles. The minimum Gasteiger partial charge on any atom is -0.388 e. The summed E-state index contributed by atoms with van der Waals surface area (Å²) in [7, 11) is 0. The van der Waals surface area contributed by atoms with Crippen LogP contribution in [0.1, 0.15) is 46.5 Å². The van der Waals surface area contributed by atoms with Crippen LogP contribution in [0.15, 0.2) is 4.99 Å². The number of alkyl halides is 2. The lowest BCUT2D eigenvalue weighted by Gasteiger charge is -2.33. The van der Waals surface area contributed by atoms with Crippen LogP contribution < -0.4 is 5.32 Å². The fourth-order valence-electron chi connectivity index (χ4n) is 2.55. The van der Waals surface area contributed by atoms with Gasteiger partial charge in [-0.3, -0.25) is 4.79 Å². The van der Waals surface area contributed by atoms with Crippen LogP contribution >= 0.6 is 11.8 Å². The van der Waals surface area contributed by atoms with E-state index in [1.54, 1.807) is 20.8 Å². The van der Waals surface area contributed by atoms with E-state index in [0.717, 1.165) is 18.2 Å². The summed E-state index contributed by atoms with van der Waals surface area (Å²) in [5, 5.41) is 13.3. The number of nitrogens with one attached hydrogen (secondary N) is 1. The molecule has 0 radical (unpaired) electrons. The van der Waals surface area contributed by atoms with E-state index < -0.39 is 28.1 Å².